The van der Waals surface area contributed by atoms with Gasteiger partial charge in [0.15, 0.2) is 0 Å². The molecule has 1 fully saturated rings. The highest BCUT2D eigenvalue weighted by molar-refractivity contribution is 5.96. The zero-order chi connectivity index (χ0) is 19.9. The van der Waals surface area contributed by atoms with Crippen LogP contribution in [-0.4, -0.2) is 67.3 Å². The van der Waals surface area contributed by atoms with Crippen LogP contribution >= 0.6 is 0 Å². The molecule has 1 aliphatic heterocycles. The average Bonchev–Trinajstić information content (AvgIpc) is 2.74. The van der Waals surface area contributed by atoms with Crippen molar-refractivity contribution in [3.63, 3.8) is 0 Å². The van der Waals surface area contributed by atoms with Gasteiger partial charge in [-0.05, 0) is 36.4 Å². The van der Waals surface area contributed by atoms with Gasteiger partial charge in [-0.2, -0.15) is 0 Å². The van der Waals surface area contributed by atoms with Crippen molar-refractivity contribution in [1.29, 1.82) is 0 Å². The third-order valence-electron chi connectivity index (χ3n) is 4.71. The van der Waals surface area contributed by atoms with Gasteiger partial charge in [-0.15, -0.1) is 0 Å². The van der Waals surface area contributed by atoms with Crippen LogP contribution in [0.25, 0.3) is 0 Å². The summed E-state index contributed by atoms with van der Waals surface area (Å²) >= 11 is 0. The van der Waals surface area contributed by atoms with E-state index >= 15 is 0 Å². The lowest BCUT2D eigenvalue weighted by molar-refractivity contribution is -0.117. The molecule has 0 radical (unpaired) electrons. The van der Waals surface area contributed by atoms with E-state index in [2.05, 4.69) is 10.6 Å². The fourth-order valence-corrected chi connectivity index (χ4v) is 3.13. The Morgan fingerprint density at radius 2 is 1.50 bits per heavy atom. The lowest BCUT2D eigenvalue weighted by atomic mass is 10.2. The molecule has 7 heteroatoms. The maximum atomic E-state index is 12.5. The van der Waals surface area contributed by atoms with Crippen molar-refractivity contribution in [3.05, 3.63) is 65.7 Å². The molecular formula is C21H24N4O3. The summed E-state index contributed by atoms with van der Waals surface area (Å²) in [5.74, 6) is -0.253. The number of benzene rings is 2. The largest absolute Gasteiger partial charge is 0.355 e. The Hall–Kier alpha value is -3.19. The molecule has 2 aromatic carbocycles. The van der Waals surface area contributed by atoms with E-state index in [1.807, 2.05) is 40.1 Å². The predicted molar refractivity (Wildman–Crippen MR) is 107 cm³/mol. The quantitative estimate of drug-likeness (QED) is 0.823. The second-order valence-electron chi connectivity index (χ2n) is 6.64. The number of nitrogens with zero attached hydrogens (tertiary/aromatic N) is 2. The van der Waals surface area contributed by atoms with Crippen LogP contribution in [0.5, 0.6) is 0 Å². The number of amides is 3. The molecule has 2 N–H and O–H groups in total. The molecule has 2 aromatic rings. The van der Waals surface area contributed by atoms with Gasteiger partial charge in [0.05, 0.1) is 6.54 Å². The molecular weight excluding hydrogens is 356 g/mol. The van der Waals surface area contributed by atoms with Crippen LogP contribution in [0.15, 0.2) is 54.6 Å². The van der Waals surface area contributed by atoms with Gasteiger partial charge < -0.3 is 15.5 Å². The zero-order valence-electron chi connectivity index (χ0n) is 15.9. The van der Waals surface area contributed by atoms with Crippen LogP contribution in [-0.2, 0) is 4.79 Å². The number of carbonyl (C=O) groups excluding carboxylic acids is 3. The average molecular weight is 380 g/mol. The van der Waals surface area contributed by atoms with Crippen molar-refractivity contribution in [2.24, 2.45) is 0 Å². The zero-order valence-corrected chi connectivity index (χ0v) is 15.9. The molecule has 28 heavy (non-hydrogen) atoms. The minimum Gasteiger partial charge on any atom is -0.355 e. The molecule has 0 saturated carbocycles. The van der Waals surface area contributed by atoms with E-state index in [1.54, 1.807) is 31.3 Å². The van der Waals surface area contributed by atoms with Crippen molar-refractivity contribution in [2.75, 3.05) is 45.1 Å². The topological polar surface area (TPSA) is 81.8 Å². The van der Waals surface area contributed by atoms with Crippen molar-refractivity contribution < 1.29 is 14.4 Å². The Balaban J connectivity index is 1.46. The van der Waals surface area contributed by atoms with E-state index in [0.717, 1.165) is 0 Å². The number of rotatable bonds is 5. The molecule has 0 aliphatic carbocycles. The van der Waals surface area contributed by atoms with Gasteiger partial charge in [-0.3, -0.25) is 19.3 Å². The number of carbonyl (C=O) groups is 3. The molecule has 0 atom stereocenters. The molecule has 3 amide bonds. The van der Waals surface area contributed by atoms with Gasteiger partial charge in [-0.25, -0.2) is 0 Å². The fourth-order valence-electron chi connectivity index (χ4n) is 3.13. The molecule has 146 valence electrons. The van der Waals surface area contributed by atoms with Crippen LogP contribution in [0.3, 0.4) is 0 Å². The van der Waals surface area contributed by atoms with Crippen LogP contribution in [0, 0.1) is 0 Å². The first-order chi connectivity index (χ1) is 13.6. The highest BCUT2D eigenvalue weighted by Gasteiger charge is 2.23. The first kappa shape index (κ1) is 19.6. The highest BCUT2D eigenvalue weighted by Crippen LogP contribution is 2.11. The predicted octanol–water partition coefficient (Wildman–Crippen LogP) is 1.44. The van der Waals surface area contributed by atoms with Crippen molar-refractivity contribution in [3.8, 4) is 0 Å². The van der Waals surface area contributed by atoms with Crippen molar-refractivity contribution in [2.45, 2.75) is 0 Å². The summed E-state index contributed by atoms with van der Waals surface area (Å²) in [5.41, 5.74) is 1.88. The van der Waals surface area contributed by atoms with E-state index in [-0.39, 0.29) is 24.3 Å². The monoisotopic (exact) mass is 380 g/mol. The second kappa shape index (κ2) is 9.14. The Morgan fingerprint density at radius 1 is 0.857 bits per heavy atom. The minimum atomic E-state index is -0.166. The third kappa shape index (κ3) is 4.95. The summed E-state index contributed by atoms with van der Waals surface area (Å²) in [6.07, 6.45) is 0. The van der Waals surface area contributed by atoms with Gasteiger partial charge in [-0.1, -0.05) is 18.2 Å². The molecule has 0 bridgehead atoms. The lowest BCUT2D eigenvalue weighted by Gasteiger charge is -2.34. The van der Waals surface area contributed by atoms with E-state index < -0.39 is 0 Å². The summed E-state index contributed by atoms with van der Waals surface area (Å²) in [6.45, 7) is 2.78. The van der Waals surface area contributed by atoms with Crippen molar-refractivity contribution in [1.82, 2.24) is 15.1 Å². The van der Waals surface area contributed by atoms with Crippen molar-refractivity contribution >= 4 is 23.4 Å². The molecule has 0 spiro atoms. The SMILES string of the molecule is CNC(=O)c1ccc(NC(=O)CN2CCN(C(=O)c3ccccc3)CC2)cc1. The van der Waals surface area contributed by atoms with Gasteiger partial charge in [0.25, 0.3) is 11.8 Å². The summed E-state index contributed by atoms with van der Waals surface area (Å²) in [4.78, 5) is 40.1. The van der Waals surface area contributed by atoms with Gasteiger partial charge in [0.1, 0.15) is 0 Å². The Kier molecular flexibility index (Phi) is 6.39. The van der Waals surface area contributed by atoms with Gasteiger partial charge in [0.2, 0.25) is 5.91 Å². The fraction of sp³-hybridized carbons (Fsp3) is 0.286. The first-order valence-corrected chi connectivity index (χ1v) is 9.25. The lowest BCUT2D eigenvalue weighted by Crippen LogP contribution is -2.50. The molecule has 0 aromatic heterocycles. The second-order valence-corrected chi connectivity index (χ2v) is 6.64. The number of hydrogen-bond acceptors (Lipinski definition) is 4. The summed E-state index contributed by atoms with van der Waals surface area (Å²) in [7, 11) is 1.57. The van der Waals surface area contributed by atoms with E-state index in [1.165, 1.54) is 0 Å². The third-order valence-corrected chi connectivity index (χ3v) is 4.71. The maximum absolute atomic E-state index is 12.5. The molecule has 1 heterocycles. The standard InChI is InChI=1S/C21H24N4O3/c1-22-20(27)16-7-9-18(10-8-16)23-19(26)15-24-11-13-25(14-12-24)21(28)17-5-3-2-4-6-17/h2-10H,11-15H2,1H3,(H,22,27)(H,23,26). The van der Waals surface area contributed by atoms with Crippen LogP contribution in [0.2, 0.25) is 0 Å². The minimum absolute atomic E-state index is 0.0286. The summed E-state index contributed by atoms with van der Waals surface area (Å²) in [5, 5.41) is 5.40. The number of anilines is 1. The summed E-state index contributed by atoms with van der Waals surface area (Å²) in [6, 6.07) is 16.0. The number of hydrogen-bond donors (Lipinski definition) is 2. The highest BCUT2D eigenvalue weighted by atomic mass is 16.2. The number of piperazine rings is 1. The molecule has 1 saturated heterocycles. The summed E-state index contributed by atoms with van der Waals surface area (Å²) < 4.78 is 0. The molecule has 3 rings (SSSR count). The van der Waals surface area contributed by atoms with E-state index in [9.17, 15) is 14.4 Å². The Bertz CT molecular complexity index is 828. The molecule has 1 aliphatic rings. The maximum Gasteiger partial charge on any atom is 0.253 e. The smallest absolute Gasteiger partial charge is 0.253 e. The molecule has 7 nitrogen and oxygen atoms in total. The van der Waals surface area contributed by atoms with E-state index in [4.69, 9.17) is 0 Å². The van der Waals surface area contributed by atoms with E-state index in [0.29, 0.717) is 43.0 Å². The Morgan fingerprint density at radius 3 is 2.11 bits per heavy atom. The Labute approximate surface area is 164 Å². The molecule has 0 unspecified atom stereocenters. The first-order valence-electron chi connectivity index (χ1n) is 9.25. The van der Waals surface area contributed by atoms with Crippen LogP contribution < -0.4 is 10.6 Å². The normalized spacial score (nSPS) is 14.4. The van der Waals surface area contributed by atoms with Crippen LogP contribution in [0.1, 0.15) is 20.7 Å². The number of nitrogens with one attached hydrogen (secondary N) is 2. The van der Waals surface area contributed by atoms with Gasteiger partial charge >= 0.3 is 0 Å². The van der Waals surface area contributed by atoms with Gasteiger partial charge in [0, 0.05) is 50.0 Å². The van der Waals surface area contributed by atoms with Crippen LogP contribution in [0.4, 0.5) is 5.69 Å².